The number of nitrogens with one attached hydrogen (secondary N) is 1. The molecule has 2 atom stereocenters. The third kappa shape index (κ3) is 4.81. The van der Waals surface area contributed by atoms with Gasteiger partial charge in [-0.05, 0) is 43.4 Å². The van der Waals surface area contributed by atoms with Crippen LogP contribution in [0.3, 0.4) is 0 Å². The smallest absolute Gasteiger partial charge is 0.0597 e. The van der Waals surface area contributed by atoms with Gasteiger partial charge in [-0.25, -0.2) is 0 Å². The van der Waals surface area contributed by atoms with E-state index in [2.05, 4.69) is 43.4 Å². The maximum atomic E-state index is 6.18. The van der Waals surface area contributed by atoms with Crippen molar-refractivity contribution in [3.63, 3.8) is 0 Å². The molecule has 1 fully saturated rings. The van der Waals surface area contributed by atoms with Crippen molar-refractivity contribution in [3.05, 3.63) is 23.2 Å². The monoisotopic (exact) mass is 308 g/mol. The zero-order chi connectivity index (χ0) is 15.2. The topological polar surface area (TPSA) is 15.3 Å². The molecule has 0 saturated heterocycles. The van der Waals surface area contributed by atoms with E-state index < -0.39 is 0 Å². The fourth-order valence-electron chi connectivity index (χ4n) is 3.45. The van der Waals surface area contributed by atoms with Crippen LogP contribution < -0.4 is 10.2 Å². The lowest BCUT2D eigenvalue weighted by Crippen LogP contribution is -2.21. The number of hydrogen-bond donors (Lipinski definition) is 1. The fraction of sp³-hybridized carbons (Fsp3) is 0.667. The summed E-state index contributed by atoms with van der Waals surface area (Å²) in [7, 11) is 4.16. The van der Waals surface area contributed by atoms with Crippen LogP contribution in [0.4, 0.5) is 11.4 Å². The Labute approximate surface area is 134 Å². The van der Waals surface area contributed by atoms with Gasteiger partial charge in [0.2, 0.25) is 0 Å². The van der Waals surface area contributed by atoms with Gasteiger partial charge in [0.1, 0.15) is 0 Å². The minimum Gasteiger partial charge on any atom is -0.381 e. The molecule has 1 N–H and O–H groups in total. The summed E-state index contributed by atoms with van der Waals surface area (Å²) >= 11 is 6.18. The van der Waals surface area contributed by atoms with Crippen molar-refractivity contribution in [2.45, 2.75) is 57.9 Å². The van der Waals surface area contributed by atoms with Gasteiger partial charge in [-0.2, -0.15) is 0 Å². The molecular formula is C18H29ClN2. The minimum atomic E-state index is 0.587. The fourth-order valence-corrected chi connectivity index (χ4v) is 3.63. The average Bonchev–Trinajstić information content (AvgIpc) is 2.65. The molecule has 0 amide bonds. The van der Waals surface area contributed by atoms with E-state index in [1.165, 1.54) is 56.3 Å². The highest BCUT2D eigenvalue weighted by Crippen LogP contribution is 2.32. The number of nitrogens with zero attached hydrogens (tertiary/aromatic N) is 1. The van der Waals surface area contributed by atoms with E-state index >= 15 is 0 Å². The molecule has 21 heavy (non-hydrogen) atoms. The Bertz CT molecular complexity index is 445. The molecule has 2 nitrogen and oxygen atoms in total. The summed E-state index contributed by atoms with van der Waals surface area (Å²) in [5.41, 5.74) is 2.39. The molecule has 1 aromatic carbocycles. The van der Waals surface area contributed by atoms with Gasteiger partial charge < -0.3 is 10.2 Å². The van der Waals surface area contributed by atoms with Crippen LogP contribution in [-0.4, -0.2) is 20.1 Å². The van der Waals surface area contributed by atoms with Crippen molar-refractivity contribution < 1.29 is 0 Å². The first-order chi connectivity index (χ1) is 10.1. The Morgan fingerprint density at radius 3 is 2.71 bits per heavy atom. The first-order valence-electron chi connectivity index (χ1n) is 8.33. The van der Waals surface area contributed by atoms with Gasteiger partial charge in [-0.1, -0.05) is 44.2 Å². The van der Waals surface area contributed by atoms with E-state index in [1.54, 1.807) is 0 Å². The quantitative estimate of drug-likeness (QED) is 0.716. The summed E-state index contributed by atoms with van der Waals surface area (Å²) in [6, 6.07) is 6.71. The molecule has 0 aromatic heterocycles. The normalized spacial score (nSPS) is 22.7. The summed E-state index contributed by atoms with van der Waals surface area (Å²) in [4.78, 5) is 2.15. The molecule has 0 bridgehead atoms. The zero-order valence-corrected chi connectivity index (χ0v) is 14.4. The number of benzene rings is 1. The largest absolute Gasteiger partial charge is 0.381 e. The number of rotatable bonds is 5. The number of halogens is 1. The molecule has 1 aromatic rings. The van der Waals surface area contributed by atoms with Crippen molar-refractivity contribution in [2.24, 2.45) is 5.92 Å². The SMILES string of the molecule is CCCC1CCCC(Nc2cc(Cl)ccc2N(C)C)CC1. The third-order valence-electron chi connectivity index (χ3n) is 4.59. The standard InChI is InChI=1S/C18H29ClN2/c1-4-6-14-7-5-8-16(11-9-14)20-17-13-15(19)10-12-18(17)21(2)3/h10,12-14,16,20H,4-9,11H2,1-3H3. The molecule has 1 aliphatic rings. The van der Waals surface area contributed by atoms with E-state index in [1.807, 2.05) is 6.07 Å². The van der Waals surface area contributed by atoms with Crippen LogP contribution in [0.15, 0.2) is 18.2 Å². The Morgan fingerprint density at radius 2 is 2.00 bits per heavy atom. The van der Waals surface area contributed by atoms with Crippen LogP contribution in [0.2, 0.25) is 5.02 Å². The molecule has 3 heteroatoms. The maximum absolute atomic E-state index is 6.18. The zero-order valence-electron chi connectivity index (χ0n) is 13.7. The van der Waals surface area contributed by atoms with Crippen molar-refractivity contribution >= 4 is 23.0 Å². The van der Waals surface area contributed by atoms with Gasteiger partial charge in [-0.15, -0.1) is 0 Å². The van der Waals surface area contributed by atoms with E-state index in [9.17, 15) is 0 Å². The Hall–Kier alpha value is -0.890. The summed E-state index contributed by atoms with van der Waals surface area (Å²) in [5, 5.41) is 4.55. The molecule has 1 saturated carbocycles. The Kier molecular flexibility index (Phi) is 6.22. The molecule has 2 unspecified atom stereocenters. The van der Waals surface area contributed by atoms with Gasteiger partial charge in [0, 0.05) is 25.2 Å². The van der Waals surface area contributed by atoms with Crippen LogP contribution in [0.1, 0.15) is 51.9 Å². The maximum Gasteiger partial charge on any atom is 0.0597 e. The second-order valence-electron chi connectivity index (χ2n) is 6.56. The molecule has 0 heterocycles. The lowest BCUT2D eigenvalue weighted by atomic mass is 9.95. The predicted molar refractivity (Wildman–Crippen MR) is 94.7 cm³/mol. The van der Waals surface area contributed by atoms with Crippen LogP contribution in [0.25, 0.3) is 0 Å². The van der Waals surface area contributed by atoms with Crippen LogP contribution in [0, 0.1) is 5.92 Å². The van der Waals surface area contributed by atoms with Gasteiger partial charge in [-0.3, -0.25) is 0 Å². The second-order valence-corrected chi connectivity index (χ2v) is 7.00. The number of anilines is 2. The van der Waals surface area contributed by atoms with Crippen molar-refractivity contribution in [2.75, 3.05) is 24.3 Å². The van der Waals surface area contributed by atoms with Crippen molar-refractivity contribution in [3.8, 4) is 0 Å². The predicted octanol–water partition coefficient (Wildman–Crippen LogP) is 5.57. The Balaban J connectivity index is 2.02. The minimum absolute atomic E-state index is 0.587. The molecule has 0 aliphatic heterocycles. The lowest BCUT2D eigenvalue weighted by Gasteiger charge is -2.23. The highest BCUT2D eigenvalue weighted by atomic mass is 35.5. The van der Waals surface area contributed by atoms with Gasteiger partial charge in [0.05, 0.1) is 11.4 Å². The van der Waals surface area contributed by atoms with Crippen molar-refractivity contribution in [1.29, 1.82) is 0 Å². The van der Waals surface area contributed by atoms with Crippen LogP contribution in [0.5, 0.6) is 0 Å². The van der Waals surface area contributed by atoms with Crippen LogP contribution in [-0.2, 0) is 0 Å². The molecule has 118 valence electrons. The highest BCUT2D eigenvalue weighted by molar-refractivity contribution is 6.31. The Morgan fingerprint density at radius 1 is 1.19 bits per heavy atom. The van der Waals surface area contributed by atoms with E-state index in [0.717, 1.165) is 10.9 Å². The second kappa shape index (κ2) is 7.93. The summed E-state index contributed by atoms with van der Waals surface area (Å²) in [6.07, 6.45) is 9.39. The molecule has 0 radical (unpaired) electrons. The average molecular weight is 309 g/mol. The van der Waals surface area contributed by atoms with Gasteiger partial charge >= 0.3 is 0 Å². The van der Waals surface area contributed by atoms with Gasteiger partial charge in [0.25, 0.3) is 0 Å². The van der Waals surface area contributed by atoms with Crippen LogP contribution >= 0.6 is 11.6 Å². The summed E-state index contributed by atoms with van der Waals surface area (Å²) < 4.78 is 0. The number of hydrogen-bond acceptors (Lipinski definition) is 2. The molecular weight excluding hydrogens is 280 g/mol. The molecule has 0 spiro atoms. The van der Waals surface area contributed by atoms with E-state index in [-0.39, 0.29) is 0 Å². The van der Waals surface area contributed by atoms with E-state index in [4.69, 9.17) is 11.6 Å². The lowest BCUT2D eigenvalue weighted by molar-refractivity contribution is 0.422. The van der Waals surface area contributed by atoms with Crippen molar-refractivity contribution in [1.82, 2.24) is 0 Å². The summed E-state index contributed by atoms with van der Waals surface area (Å²) in [5.74, 6) is 0.939. The summed E-state index contributed by atoms with van der Waals surface area (Å²) in [6.45, 7) is 2.30. The van der Waals surface area contributed by atoms with Gasteiger partial charge in [0.15, 0.2) is 0 Å². The molecule has 2 rings (SSSR count). The third-order valence-corrected chi connectivity index (χ3v) is 4.82. The molecule has 1 aliphatic carbocycles. The first-order valence-corrected chi connectivity index (χ1v) is 8.71. The highest BCUT2D eigenvalue weighted by Gasteiger charge is 2.19. The van der Waals surface area contributed by atoms with E-state index in [0.29, 0.717) is 6.04 Å². The first kappa shape index (κ1) is 16.5.